The van der Waals surface area contributed by atoms with Crippen LogP contribution in [-0.2, 0) is 4.74 Å². The van der Waals surface area contributed by atoms with Crippen LogP contribution in [0.5, 0.6) is 0 Å². The van der Waals surface area contributed by atoms with Crippen molar-refractivity contribution in [3.05, 3.63) is 34.1 Å². The summed E-state index contributed by atoms with van der Waals surface area (Å²) in [5, 5.41) is 2.61. The molecule has 15 heavy (non-hydrogen) atoms. The Labute approximate surface area is 95.7 Å². The fraction of sp³-hybridized carbons (Fsp3) is 0.300. The van der Waals surface area contributed by atoms with Crippen molar-refractivity contribution >= 4 is 21.8 Å². The minimum absolute atomic E-state index is 0.180. The highest BCUT2D eigenvalue weighted by Gasteiger charge is 2.11. The topological polar surface area (TPSA) is 38.3 Å². The molecule has 0 unspecified atom stereocenters. The molecule has 0 spiro atoms. The van der Waals surface area contributed by atoms with E-state index in [9.17, 15) is 9.18 Å². The van der Waals surface area contributed by atoms with Crippen molar-refractivity contribution < 1.29 is 13.9 Å². The van der Waals surface area contributed by atoms with Crippen LogP contribution in [0.4, 0.5) is 4.39 Å². The lowest BCUT2D eigenvalue weighted by atomic mass is 10.2. The second kappa shape index (κ2) is 5.82. The number of carbonyl (C=O) groups excluding carboxylic acids is 1. The number of methoxy groups -OCH3 is 1. The highest BCUT2D eigenvalue weighted by Crippen LogP contribution is 2.19. The Morgan fingerprint density at radius 2 is 2.33 bits per heavy atom. The number of hydrogen-bond donors (Lipinski definition) is 1. The van der Waals surface area contributed by atoms with E-state index in [0.717, 1.165) is 0 Å². The lowest BCUT2D eigenvalue weighted by Gasteiger charge is -2.06. The van der Waals surface area contributed by atoms with Crippen LogP contribution in [0, 0.1) is 5.82 Å². The Hall–Kier alpha value is -0.940. The lowest BCUT2D eigenvalue weighted by molar-refractivity contribution is 0.0936. The van der Waals surface area contributed by atoms with Crippen LogP contribution in [0.1, 0.15) is 10.4 Å². The zero-order valence-electron chi connectivity index (χ0n) is 8.22. The molecule has 5 heteroatoms. The number of halogens is 2. The molecular weight excluding hydrogens is 265 g/mol. The second-order valence-electron chi connectivity index (χ2n) is 2.85. The van der Waals surface area contributed by atoms with Crippen molar-refractivity contribution in [1.29, 1.82) is 0 Å². The predicted octanol–water partition coefficient (Wildman–Crippen LogP) is 1.96. The van der Waals surface area contributed by atoms with Gasteiger partial charge in [-0.15, -0.1) is 0 Å². The molecule has 1 amide bonds. The van der Waals surface area contributed by atoms with E-state index in [2.05, 4.69) is 21.2 Å². The smallest absolute Gasteiger partial charge is 0.252 e. The summed E-state index contributed by atoms with van der Waals surface area (Å²) in [4.78, 5) is 11.5. The molecule has 0 aromatic heterocycles. The average Bonchev–Trinajstić information content (AvgIpc) is 2.22. The van der Waals surface area contributed by atoms with Gasteiger partial charge >= 0.3 is 0 Å². The summed E-state index contributed by atoms with van der Waals surface area (Å²) in [5.41, 5.74) is 0.283. The van der Waals surface area contributed by atoms with E-state index >= 15 is 0 Å². The molecule has 0 aliphatic carbocycles. The average molecular weight is 276 g/mol. The van der Waals surface area contributed by atoms with Crippen LogP contribution < -0.4 is 5.32 Å². The maximum Gasteiger partial charge on any atom is 0.252 e. The van der Waals surface area contributed by atoms with Crippen LogP contribution in [-0.4, -0.2) is 26.2 Å². The third-order valence-electron chi connectivity index (χ3n) is 1.79. The summed E-state index contributed by atoms with van der Waals surface area (Å²) in [6.45, 7) is 0.830. The van der Waals surface area contributed by atoms with Crippen LogP contribution >= 0.6 is 15.9 Å². The minimum Gasteiger partial charge on any atom is -0.383 e. The maximum atomic E-state index is 13.1. The molecule has 0 bridgehead atoms. The molecule has 0 atom stereocenters. The van der Waals surface area contributed by atoms with E-state index in [1.54, 1.807) is 13.2 Å². The summed E-state index contributed by atoms with van der Waals surface area (Å²) >= 11 is 3.02. The van der Waals surface area contributed by atoms with Crippen LogP contribution in [0.15, 0.2) is 22.7 Å². The standard InChI is InChI=1S/C10H11BrFNO2/c1-15-6-5-13-10(14)7-3-2-4-8(12)9(7)11/h2-4H,5-6H2,1H3,(H,13,14). The summed E-state index contributed by atoms with van der Waals surface area (Å²) in [5.74, 6) is -0.771. The summed E-state index contributed by atoms with van der Waals surface area (Å²) in [6, 6.07) is 4.33. The highest BCUT2D eigenvalue weighted by atomic mass is 79.9. The van der Waals surface area contributed by atoms with E-state index in [-0.39, 0.29) is 15.9 Å². The predicted molar refractivity (Wildman–Crippen MR) is 58.3 cm³/mol. The SMILES string of the molecule is COCCNC(=O)c1cccc(F)c1Br. The fourth-order valence-electron chi connectivity index (χ4n) is 1.04. The third kappa shape index (κ3) is 3.28. The first kappa shape index (κ1) is 12.1. The molecule has 82 valence electrons. The van der Waals surface area contributed by atoms with Crippen LogP contribution in [0.3, 0.4) is 0 Å². The van der Waals surface area contributed by atoms with Gasteiger partial charge in [0.2, 0.25) is 0 Å². The molecule has 1 aromatic carbocycles. The van der Waals surface area contributed by atoms with E-state index in [0.29, 0.717) is 13.2 Å². The van der Waals surface area contributed by atoms with Gasteiger partial charge in [0, 0.05) is 13.7 Å². The first-order chi connectivity index (χ1) is 7.16. The molecule has 1 aromatic rings. The molecule has 0 saturated heterocycles. The van der Waals surface area contributed by atoms with Gasteiger partial charge in [-0.05, 0) is 28.1 Å². The van der Waals surface area contributed by atoms with Gasteiger partial charge < -0.3 is 10.1 Å². The Morgan fingerprint density at radius 1 is 1.60 bits per heavy atom. The van der Waals surface area contributed by atoms with Crippen molar-refractivity contribution in [2.75, 3.05) is 20.3 Å². The maximum absolute atomic E-state index is 13.1. The molecule has 1 N–H and O–H groups in total. The Morgan fingerprint density at radius 3 is 3.00 bits per heavy atom. The van der Waals surface area contributed by atoms with Gasteiger partial charge in [0.1, 0.15) is 5.82 Å². The third-order valence-corrected chi connectivity index (χ3v) is 2.59. The van der Waals surface area contributed by atoms with Crippen molar-refractivity contribution in [3.63, 3.8) is 0 Å². The number of nitrogens with one attached hydrogen (secondary N) is 1. The van der Waals surface area contributed by atoms with Crippen molar-refractivity contribution in [3.8, 4) is 0 Å². The Kier molecular flexibility index (Phi) is 4.71. The summed E-state index contributed by atoms with van der Waals surface area (Å²) < 4.78 is 18.0. The number of ether oxygens (including phenoxy) is 1. The molecule has 0 heterocycles. The first-order valence-electron chi connectivity index (χ1n) is 4.38. The van der Waals surface area contributed by atoms with Gasteiger partial charge in [0.15, 0.2) is 0 Å². The molecule has 0 saturated carbocycles. The number of rotatable bonds is 4. The van der Waals surface area contributed by atoms with Crippen molar-refractivity contribution in [2.24, 2.45) is 0 Å². The second-order valence-corrected chi connectivity index (χ2v) is 3.64. The fourth-order valence-corrected chi connectivity index (χ4v) is 1.49. The number of benzene rings is 1. The van der Waals surface area contributed by atoms with Gasteiger partial charge in [-0.25, -0.2) is 4.39 Å². The van der Waals surface area contributed by atoms with Crippen molar-refractivity contribution in [1.82, 2.24) is 5.32 Å². The molecule has 1 rings (SSSR count). The number of hydrogen-bond acceptors (Lipinski definition) is 2. The summed E-state index contributed by atoms with van der Waals surface area (Å²) in [7, 11) is 1.55. The Bertz CT molecular complexity index is 357. The van der Waals surface area contributed by atoms with E-state index in [4.69, 9.17) is 4.74 Å². The van der Waals surface area contributed by atoms with E-state index in [1.807, 2.05) is 0 Å². The molecular formula is C10H11BrFNO2. The first-order valence-corrected chi connectivity index (χ1v) is 5.17. The zero-order valence-corrected chi connectivity index (χ0v) is 9.80. The molecule has 0 aliphatic rings. The normalized spacial score (nSPS) is 10.1. The quantitative estimate of drug-likeness (QED) is 0.854. The van der Waals surface area contributed by atoms with Crippen LogP contribution in [0.2, 0.25) is 0 Å². The molecule has 0 aliphatic heterocycles. The minimum atomic E-state index is -0.450. The Balaban J connectivity index is 2.69. The van der Waals surface area contributed by atoms with Gasteiger partial charge in [0.05, 0.1) is 16.6 Å². The molecule has 3 nitrogen and oxygen atoms in total. The zero-order chi connectivity index (χ0) is 11.3. The summed E-state index contributed by atoms with van der Waals surface area (Å²) in [6.07, 6.45) is 0. The number of amides is 1. The largest absolute Gasteiger partial charge is 0.383 e. The highest BCUT2D eigenvalue weighted by molar-refractivity contribution is 9.10. The number of carbonyl (C=O) groups is 1. The van der Waals surface area contributed by atoms with E-state index < -0.39 is 5.82 Å². The van der Waals surface area contributed by atoms with Gasteiger partial charge in [0.25, 0.3) is 5.91 Å². The van der Waals surface area contributed by atoms with Gasteiger partial charge in [-0.3, -0.25) is 4.79 Å². The molecule has 0 fully saturated rings. The monoisotopic (exact) mass is 275 g/mol. The molecule has 0 radical (unpaired) electrons. The van der Waals surface area contributed by atoms with Gasteiger partial charge in [-0.2, -0.15) is 0 Å². The van der Waals surface area contributed by atoms with E-state index in [1.165, 1.54) is 12.1 Å². The van der Waals surface area contributed by atoms with Crippen molar-refractivity contribution in [2.45, 2.75) is 0 Å². The van der Waals surface area contributed by atoms with Crippen LogP contribution in [0.25, 0.3) is 0 Å². The van der Waals surface area contributed by atoms with Gasteiger partial charge in [-0.1, -0.05) is 6.07 Å². The lowest BCUT2D eigenvalue weighted by Crippen LogP contribution is -2.27.